The van der Waals surface area contributed by atoms with Gasteiger partial charge in [-0.25, -0.2) is 8.42 Å². The highest BCUT2D eigenvalue weighted by Crippen LogP contribution is 2.37. The third-order valence-electron chi connectivity index (χ3n) is 2.91. The molecule has 0 saturated carbocycles. The summed E-state index contributed by atoms with van der Waals surface area (Å²) in [6.07, 6.45) is 0. The van der Waals surface area contributed by atoms with Gasteiger partial charge in [-0.1, -0.05) is 24.3 Å². The summed E-state index contributed by atoms with van der Waals surface area (Å²) in [7, 11) is -3.68. The van der Waals surface area contributed by atoms with Crippen molar-refractivity contribution in [1.29, 1.82) is 0 Å². The van der Waals surface area contributed by atoms with Gasteiger partial charge in [-0.2, -0.15) is 0 Å². The van der Waals surface area contributed by atoms with E-state index in [-0.39, 0.29) is 22.1 Å². The van der Waals surface area contributed by atoms with Crippen LogP contribution in [0.2, 0.25) is 0 Å². The molecule has 0 aromatic heterocycles. The van der Waals surface area contributed by atoms with Crippen LogP contribution >= 0.6 is 11.6 Å². The largest absolute Gasteiger partial charge is 0.489 e. The van der Waals surface area contributed by atoms with Gasteiger partial charge in [-0.05, 0) is 31.2 Å². The Bertz CT molecular complexity index is 714. The number of sulfone groups is 1. The van der Waals surface area contributed by atoms with Crippen LogP contribution in [0.15, 0.2) is 58.3 Å². The van der Waals surface area contributed by atoms with Gasteiger partial charge in [0.2, 0.25) is 9.84 Å². The molecule has 0 heterocycles. The Balaban J connectivity index is 2.54. The minimum atomic E-state index is -3.68. The summed E-state index contributed by atoms with van der Waals surface area (Å²) in [5.41, 5.74) is 0. The second kappa shape index (κ2) is 7.51. The zero-order chi connectivity index (χ0) is 16.0. The lowest BCUT2D eigenvalue weighted by atomic mass is 10.3. The molecular formula is C16H17ClO4S. The Morgan fingerprint density at radius 1 is 1.00 bits per heavy atom. The highest BCUT2D eigenvalue weighted by molar-refractivity contribution is 7.91. The maximum Gasteiger partial charge on any atom is 0.210 e. The van der Waals surface area contributed by atoms with Crippen molar-refractivity contribution in [1.82, 2.24) is 0 Å². The lowest BCUT2D eigenvalue weighted by Gasteiger charge is -2.15. The van der Waals surface area contributed by atoms with Crippen LogP contribution in [0.3, 0.4) is 0 Å². The van der Waals surface area contributed by atoms with Crippen LogP contribution in [0, 0.1) is 0 Å². The van der Waals surface area contributed by atoms with Gasteiger partial charge in [-0.15, -0.1) is 11.6 Å². The molecule has 0 amide bonds. The summed E-state index contributed by atoms with van der Waals surface area (Å²) in [6, 6.07) is 13.0. The van der Waals surface area contributed by atoms with Crippen molar-refractivity contribution in [3.63, 3.8) is 0 Å². The van der Waals surface area contributed by atoms with Crippen molar-refractivity contribution in [2.45, 2.75) is 16.7 Å². The van der Waals surface area contributed by atoms with E-state index >= 15 is 0 Å². The fraction of sp³-hybridized carbons (Fsp3) is 0.250. The molecular weight excluding hydrogens is 324 g/mol. The molecule has 0 atom stereocenters. The van der Waals surface area contributed by atoms with Gasteiger partial charge in [0, 0.05) is 0 Å². The Hall–Kier alpha value is -1.72. The predicted octanol–water partition coefficient (Wildman–Crippen LogP) is 3.54. The molecule has 0 spiro atoms. The highest BCUT2D eigenvalue weighted by Gasteiger charge is 2.24. The minimum Gasteiger partial charge on any atom is -0.489 e. The van der Waals surface area contributed by atoms with Crippen molar-refractivity contribution in [3.05, 3.63) is 48.5 Å². The number of benzene rings is 2. The smallest absolute Gasteiger partial charge is 0.210 e. The van der Waals surface area contributed by atoms with Gasteiger partial charge in [0.15, 0.2) is 11.5 Å². The highest BCUT2D eigenvalue weighted by atomic mass is 35.5. The number of halogens is 1. The number of hydrogen-bond donors (Lipinski definition) is 0. The van der Waals surface area contributed by atoms with E-state index in [0.717, 1.165) is 0 Å². The Morgan fingerprint density at radius 3 is 2.36 bits per heavy atom. The summed E-state index contributed by atoms with van der Waals surface area (Å²) in [5.74, 6) is 0.903. The lowest BCUT2D eigenvalue weighted by Crippen LogP contribution is -2.08. The summed E-state index contributed by atoms with van der Waals surface area (Å²) in [4.78, 5) is 0.304. The van der Waals surface area contributed by atoms with Gasteiger partial charge >= 0.3 is 0 Å². The van der Waals surface area contributed by atoms with Crippen molar-refractivity contribution in [2.75, 3.05) is 19.1 Å². The van der Waals surface area contributed by atoms with Crippen molar-refractivity contribution in [2.24, 2.45) is 0 Å². The van der Waals surface area contributed by atoms with Crippen LogP contribution in [-0.2, 0) is 9.84 Å². The molecule has 2 aromatic carbocycles. The van der Waals surface area contributed by atoms with E-state index in [1.54, 1.807) is 49.4 Å². The first-order chi connectivity index (χ1) is 10.6. The summed E-state index contributed by atoms with van der Waals surface area (Å²) in [6.45, 7) is 2.40. The molecule has 2 aromatic rings. The molecule has 0 saturated heterocycles. The molecule has 22 heavy (non-hydrogen) atoms. The van der Waals surface area contributed by atoms with Crippen LogP contribution in [0.25, 0.3) is 0 Å². The van der Waals surface area contributed by atoms with Crippen LogP contribution in [-0.4, -0.2) is 27.5 Å². The number of alkyl halides is 1. The normalized spacial score (nSPS) is 11.2. The summed E-state index contributed by atoms with van der Waals surface area (Å²) < 4.78 is 36.6. The zero-order valence-electron chi connectivity index (χ0n) is 12.2. The Morgan fingerprint density at radius 2 is 1.73 bits per heavy atom. The lowest BCUT2D eigenvalue weighted by molar-refractivity contribution is 0.282. The molecule has 0 aliphatic rings. The average Bonchev–Trinajstić information content (AvgIpc) is 2.54. The monoisotopic (exact) mass is 340 g/mol. The van der Waals surface area contributed by atoms with E-state index in [2.05, 4.69) is 0 Å². The van der Waals surface area contributed by atoms with Crippen molar-refractivity contribution >= 4 is 21.4 Å². The van der Waals surface area contributed by atoms with E-state index < -0.39 is 9.84 Å². The molecule has 0 unspecified atom stereocenters. The molecule has 0 bridgehead atoms. The standard InChI is InChI=1S/C16H17ClO4S/c1-2-20-16-14(21-12-11-17)9-6-10-15(16)22(18,19)13-7-4-3-5-8-13/h3-10H,2,11-12H2,1H3. The molecule has 0 aliphatic carbocycles. The molecule has 2 rings (SSSR count). The zero-order valence-corrected chi connectivity index (χ0v) is 13.7. The van der Waals surface area contributed by atoms with Crippen molar-refractivity contribution < 1.29 is 17.9 Å². The molecule has 0 aliphatic heterocycles. The van der Waals surface area contributed by atoms with E-state index in [0.29, 0.717) is 18.2 Å². The number of para-hydroxylation sites is 1. The fourth-order valence-electron chi connectivity index (χ4n) is 1.98. The van der Waals surface area contributed by atoms with Crippen LogP contribution in [0.5, 0.6) is 11.5 Å². The van der Waals surface area contributed by atoms with E-state index in [4.69, 9.17) is 21.1 Å². The number of hydrogen-bond acceptors (Lipinski definition) is 4. The minimum absolute atomic E-state index is 0.0904. The van der Waals surface area contributed by atoms with Crippen LogP contribution < -0.4 is 9.47 Å². The third-order valence-corrected chi connectivity index (χ3v) is 4.86. The molecule has 0 N–H and O–H groups in total. The summed E-state index contributed by atoms with van der Waals surface area (Å²) in [5, 5.41) is 0. The molecule has 0 radical (unpaired) electrons. The quantitative estimate of drug-likeness (QED) is 0.723. The predicted molar refractivity (Wildman–Crippen MR) is 85.7 cm³/mol. The maximum absolute atomic E-state index is 12.8. The topological polar surface area (TPSA) is 52.6 Å². The van der Waals surface area contributed by atoms with Crippen LogP contribution in [0.1, 0.15) is 6.92 Å². The van der Waals surface area contributed by atoms with E-state index in [9.17, 15) is 8.42 Å². The molecule has 118 valence electrons. The van der Waals surface area contributed by atoms with Crippen molar-refractivity contribution in [3.8, 4) is 11.5 Å². The molecule has 4 nitrogen and oxygen atoms in total. The average molecular weight is 341 g/mol. The van der Waals surface area contributed by atoms with Gasteiger partial charge in [0.1, 0.15) is 11.5 Å². The summed E-state index contributed by atoms with van der Waals surface area (Å²) >= 11 is 5.62. The number of ether oxygens (including phenoxy) is 2. The SMILES string of the molecule is CCOc1c(OCCCl)cccc1S(=O)(=O)c1ccccc1. The van der Waals surface area contributed by atoms with Gasteiger partial charge in [0.25, 0.3) is 0 Å². The van der Waals surface area contributed by atoms with E-state index in [1.807, 2.05) is 0 Å². The Kier molecular flexibility index (Phi) is 5.69. The van der Waals surface area contributed by atoms with E-state index in [1.165, 1.54) is 6.07 Å². The molecule has 0 fully saturated rings. The number of rotatable bonds is 7. The third kappa shape index (κ3) is 3.54. The fourth-order valence-corrected chi connectivity index (χ4v) is 3.49. The second-order valence-corrected chi connectivity index (χ2v) is 6.67. The first-order valence-corrected chi connectivity index (χ1v) is 8.87. The van der Waals surface area contributed by atoms with Gasteiger partial charge < -0.3 is 9.47 Å². The van der Waals surface area contributed by atoms with Gasteiger partial charge in [-0.3, -0.25) is 0 Å². The first-order valence-electron chi connectivity index (χ1n) is 6.86. The van der Waals surface area contributed by atoms with Crippen LogP contribution in [0.4, 0.5) is 0 Å². The second-order valence-electron chi connectivity index (χ2n) is 4.37. The Labute approximate surface area is 135 Å². The van der Waals surface area contributed by atoms with Gasteiger partial charge in [0.05, 0.1) is 17.4 Å². The molecule has 6 heteroatoms. The first kappa shape index (κ1) is 16.6. The maximum atomic E-state index is 12.8.